The highest BCUT2D eigenvalue weighted by Gasteiger charge is 2.53. The van der Waals surface area contributed by atoms with Crippen LogP contribution in [0.5, 0.6) is 0 Å². The van der Waals surface area contributed by atoms with Crippen LogP contribution in [0.25, 0.3) is 0 Å². The van der Waals surface area contributed by atoms with E-state index < -0.39 is 95.0 Å². The van der Waals surface area contributed by atoms with Crippen LogP contribution in [-0.4, -0.2) is 124 Å². The third-order valence-corrected chi connectivity index (χ3v) is 11.3. The van der Waals surface area contributed by atoms with E-state index in [1.165, 1.54) is 46.1 Å². The summed E-state index contributed by atoms with van der Waals surface area (Å²) in [6, 6.07) is 5.39. The van der Waals surface area contributed by atoms with E-state index in [1.54, 1.807) is 33.8 Å². The highest BCUT2D eigenvalue weighted by atomic mass is 16.7. The zero-order chi connectivity index (χ0) is 40.2. The summed E-state index contributed by atoms with van der Waals surface area (Å²) in [5.74, 6) is -6.15. The number of nitro groups is 1. The molecule has 0 unspecified atom stereocenters. The standard InChI is InChI=1S/C38H60N2O13/c1-12-28-38(8,46)33(44)22(4)30(42)20(2)19-37(7,49-11)34(53-36-31(43)27(39(9)10)17-21(3)50-36)23(5)32(24(6)35(45)51-28)52-29(41)18-25-15-13-14-16-26(25)40(47)48/h13-16,20-24,27-28,31-34,36,43-44,46H,12,17-19H2,1-11H3/t20-,21-,22+,23+,24-,27+,28-,31-,32+,33-,34-,36+,37+,38-/m1/s1. The van der Waals surface area contributed by atoms with E-state index in [4.69, 9.17) is 23.7 Å². The normalized spacial score (nSPS) is 39.2. The summed E-state index contributed by atoms with van der Waals surface area (Å²) >= 11 is 0. The second-order valence-corrected chi connectivity index (χ2v) is 15.6. The predicted molar refractivity (Wildman–Crippen MR) is 192 cm³/mol. The summed E-state index contributed by atoms with van der Waals surface area (Å²) in [5, 5.41) is 46.2. The molecule has 2 saturated heterocycles. The molecule has 0 aromatic heterocycles. The number of rotatable bonds is 9. The number of esters is 2. The van der Waals surface area contributed by atoms with Crippen LogP contribution in [0, 0.1) is 33.8 Å². The number of hydrogen-bond acceptors (Lipinski definition) is 14. The SMILES string of the molecule is CC[C@H]1OC(=O)[C@H](C)[C@@H](OC(=O)Cc2ccccc2[N+](=O)[O-])[C@H](C)[C@@H](O[C@@H]2O[C@H](C)C[C@H](N(C)C)[C@H]2O)[C@@](C)(OC)C[C@@H](C)C(=O)[C@H](C)[C@@H](O)[C@]1(C)O. The molecule has 14 atom stereocenters. The molecule has 300 valence electrons. The lowest BCUT2D eigenvalue weighted by molar-refractivity contribution is -0.385. The van der Waals surface area contributed by atoms with Crippen LogP contribution in [-0.2, 0) is 44.5 Å². The molecular weight excluding hydrogens is 692 g/mol. The molecule has 3 rings (SSSR count). The maximum atomic E-state index is 14.0. The van der Waals surface area contributed by atoms with Gasteiger partial charge >= 0.3 is 11.9 Å². The Morgan fingerprint density at radius 2 is 1.70 bits per heavy atom. The quantitative estimate of drug-likeness (QED) is 0.188. The molecule has 15 nitrogen and oxygen atoms in total. The maximum absolute atomic E-state index is 14.0. The summed E-state index contributed by atoms with van der Waals surface area (Å²) in [6.07, 6.45) is -7.90. The first-order chi connectivity index (χ1) is 24.6. The minimum Gasteiger partial charge on any atom is -0.461 e. The Morgan fingerprint density at radius 1 is 1.08 bits per heavy atom. The number of aliphatic hydroxyl groups is 3. The van der Waals surface area contributed by atoms with E-state index in [9.17, 15) is 39.8 Å². The van der Waals surface area contributed by atoms with Gasteiger partial charge in [0, 0.05) is 42.5 Å². The van der Waals surface area contributed by atoms with Crippen LogP contribution in [0.4, 0.5) is 5.69 Å². The van der Waals surface area contributed by atoms with E-state index in [-0.39, 0.29) is 42.0 Å². The van der Waals surface area contributed by atoms with Gasteiger partial charge in [0.1, 0.15) is 29.7 Å². The van der Waals surface area contributed by atoms with Crippen molar-refractivity contribution >= 4 is 23.4 Å². The number of cyclic esters (lactones) is 1. The number of nitro benzene ring substituents is 1. The molecule has 53 heavy (non-hydrogen) atoms. The smallest absolute Gasteiger partial charge is 0.312 e. The molecule has 0 spiro atoms. The van der Waals surface area contributed by atoms with Gasteiger partial charge in [-0.1, -0.05) is 45.9 Å². The minimum absolute atomic E-state index is 0.0128. The second-order valence-electron chi connectivity index (χ2n) is 15.6. The van der Waals surface area contributed by atoms with Gasteiger partial charge in [0.05, 0.1) is 41.2 Å². The van der Waals surface area contributed by atoms with E-state index in [1.807, 2.05) is 25.9 Å². The van der Waals surface area contributed by atoms with Crippen molar-refractivity contribution in [3.8, 4) is 0 Å². The predicted octanol–water partition coefficient (Wildman–Crippen LogP) is 3.22. The molecule has 0 saturated carbocycles. The van der Waals surface area contributed by atoms with Crippen molar-refractivity contribution in [1.29, 1.82) is 0 Å². The van der Waals surface area contributed by atoms with Crippen LogP contribution in [0.3, 0.4) is 0 Å². The first kappa shape index (κ1) is 44.3. The Balaban J connectivity index is 2.21. The van der Waals surface area contributed by atoms with Crippen LogP contribution in [0.15, 0.2) is 24.3 Å². The van der Waals surface area contributed by atoms with E-state index >= 15 is 0 Å². The third-order valence-electron chi connectivity index (χ3n) is 11.3. The van der Waals surface area contributed by atoms with Gasteiger partial charge in [0.2, 0.25) is 0 Å². The Bertz CT molecular complexity index is 1440. The molecule has 0 amide bonds. The van der Waals surface area contributed by atoms with Gasteiger partial charge in [-0.05, 0) is 61.1 Å². The lowest BCUT2D eigenvalue weighted by atomic mass is 9.74. The summed E-state index contributed by atoms with van der Waals surface area (Å²) in [7, 11) is 5.08. The average Bonchev–Trinajstić information content (AvgIpc) is 3.10. The molecule has 15 heteroatoms. The lowest BCUT2D eigenvalue weighted by Crippen LogP contribution is -2.60. The summed E-state index contributed by atoms with van der Waals surface area (Å²) in [4.78, 5) is 54.6. The van der Waals surface area contributed by atoms with E-state index in [0.717, 1.165) is 0 Å². The first-order valence-corrected chi connectivity index (χ1v) is 18.4. The number of nitrogens with zero attached hydrogens (tertiary/aromatic N) is 2. The van der Waals surface area contributed by atoms with Crippen molar-refractivity contribution in [2.75, 3.05) is 21.2 Å². The summed E-state index contributed by atoms with van der Waals surface area (Å²) < 4.78 is 30.9. The van der Waals surface area contributed by atoms with Gasteiger partial charge in [-0.3, -0.25) is 24.5 Å². The molecule has 1 aromatic rings. The monoisotopic (exact) mass is 752 g/mol. The largest absolute Gasteiger partial charge is 0.461 e. The van der Waals surface area contributed by atoms with Crippen LogP contribution >= 0.6 is 0 Å². The van der Waals surface area contributed by atoms with Crippen LogP contribution in [0.1, 0.15) is 80.2 Å². The minimum atomic E-state index is -2.04. The highest BCUT2D eigenvalue weighted by molar-refractivity contribution is 5.83. The zero-order valence-electron chi connectivity index (χ0n) is 32.9. The Kier molecular flexibility index (Phi) is 15.1. The lowest BCUT2D eigenvalue weighted by Gasteiger charge is -2.48. The fraction of sp³-hybridized carbons (Fsp3) is 0.763. The number of benzene rings is 1. The van der Waals surface area contributed by atoms with E-state index in [2.05, 4.69) is 0 Å². The zero-order valence-corrected chi connectivity index (χ0v) is 32.9. The number of ether oxygens (including phenoxy) is 5. The molecular formula is C38H60N2O13. The number of Topliss-reactive ketones (excluding diaryl/α,β-unsaturated/α-hetero) is 1. The van der Waals surface area contributed by atoms with Crippen molar-refractivity contribution in [3.05, 3.63) is 39.9 Å². The number of hydrogen-bond donors (Lipinski definition) is 3. The first-order valence-electron chi connectivity index (χ1n) is 18.4. The third kappa shape index (κ3) is 9.99. The van der Waals surface area contributed by atoms with Gasteiger partial charge in [-0.25, -0.2) is 0 Å². The summed E-state index contributed by atoms with van der Waals surface area (Å²) in [5.41, 5.74) is -3.60. The number of para-hydroxylation sites is 1. The molecule has 2 heterocycles. The van der Waals surface area contributed by atoms with Gasteiger partial charge in [0.25, 0.3) is 5.69 Å². The van der Waals surface area contributed by atoms with Crippen molar-refractivity contribution in [2.24, 2.45) is 23.7 Å². The average molecular weight is 753 g/mol. The Labute approximate surface area is 312 Å². The molecule has 2 fully saturated rings. The Hall–Kier alpha value is -3.05. The summed E-state index contributed by atoms with van der Waals surface area (Å²) in [6.45, 7) is 12.8. The van der Waals surface area contributed by atoms with Gasteiger partial charge in [0.15, 0.2) is 6.29 Å². The molecule has 2 aliphatic heterocycles. The van der Waals surface area contributed by atoms with Crippen LogP contribution in [0.2, 0.25) is 0 Å². The fourth-order valence-electron chi connectivity index (χ4n) is 7.97. The number of methoxy groups -OCH3 is 1. The fourth-order valence-corrected chi connectivity index (χ4v) is 7.97. The molecule has 0 aliphatic carbocycles. The van der Waals surface area contributed by atoms with Crippen molar-refractivity contribution in [3.63, 3.8) is 0 Å². The number of carbonyl (C=O) groups is 3. The number of aliphatic hydroxyl groups excluding tert-OH is 2. The molecule has 3 N–H and O–H groups in total. The second kappa shape index (κ2) is 18.1. The van der Waals surface area contributed by atoms with Crippen molar-refractivity contribution in [2.45, 2.75) is 141 Å². The molecule has 1 aromatic carbocycles. The van der Waals surface area contributed by atoms with Crippen molar-refractivity contribution in [1.82, 2.24) is 4.90 Å². The topological polar surface area (TPSA) is 204 Å². The number of ketones is 1. The maximum Gasteiger partial charge on any atom is 0.312 e. The number of likely N-dealkylation sites (N-methyl/N-ethyl adjacent to an activating group) is 1. The van der Waals surface area contributed by atoms with Gasteiger partial charge < -0.3 is 43.9 Å². The molecule has 0 radical (unpaired) electrons. The van der Waals surface area contributed by atoms with Gasteiger partial charge in [-0.2, -0.15) is 0 Å². The van der Waals surface area contributed by atoms with E-state index in [0.29, 0.717) is 6.42 Å². The number of carbonyl (C=O) groups excluding carboxylic acids is 3. The van der Waals surface area contributed by atoms with Crippen LogP contribution < -0.4 is 0 Å². The molecule has 2 aliphatic rings. The van der Waals surface area contributed by atoms with Crippen molar-refractivity contribution < 1.29 is 58.3 Å². The molecule has 0 bridgehead atoms. The highest BCUT2D eigenvalue weighted by Crippen LogP contribution is 2.40. The van der Waals surface area contributed by atoms with Gasteiger partial charge in [-0.15, -0.1) is 0 Å². The Morgan fingerprint density at radius 3 is 2.26 bits per heavy atom.